The van der Waals surface area contributed by atoms with E-state index in [0.29, 0.717) is 30.7 Å². The Bertz CT molecular complexity index is 622. The molecule has 1 saturated heterocycles. The maximum Gasteiger partial charge on any atom is 0.220 e. The van der Waals surface area contributed by atoms with Gasteiger partial charge < -0.3 is 15.2 Å². The minimum atomic E-state index is -0.00379. The van der Waals surface area contributed by atoms with Crippen molar-refractivity contribution in [3.05, 3.63) is 29.8 Å². The van der Waals surface area contributed by atoms with Gasteiger partial charge in [0.2, 0.25) is 11.8 Å². The fourth-order valence-corrected chi connectivity index (χ4v) is 4.38. The number of rotatable bonds is 4. The van der Waals surface area contributed by atoms with Crippen molar-refractivity contribution in [2.75, 3.05) is 26.0 Å². The minimum Gasteiger partial charge on any atom is -0.507 e. The zero-order chi connectivity index (χ0) is 16.4. The lowest BCUT2D eigenvalue weighted by atomic mass is 10.2. The first kappa shape index (κ1) is 16.1. The van der Waals surface area contributed by atoms with Crippen LogP contribution in [0.2, 0.25) is 0 Å². The molecule has 1 aromatic rings. The maximum atomic E-state index is 11.1. The number of carbonyl (C=O) groups is 1. The van der Waals surface area contributed by atoms with E-state index in [4.69, 9.17) is 4.74 Å². The van der Waals surface area contributed by atoms with E-state index in [1.165, 1.54) is 6.92 Å². The molecule has 3 rings (SSSR count). The Morgan fingerprint density at radius 2 is 2.30 bits per heavy atom. The Morgan fingerprint density at radius 3 is 3.04 bits per heavy atom. The number of hydrogen-bond donors (Lipinski definition) is 2. The Balaban J connectivity index is 1.67. The molecule has 2 aliphatic heterocycles. The summed E-state index contributed by atoms with van der Waals surface area (Å²) in [4.78, 5) is 18.0. The van der Waals surface area contributed by atoms with Crippen molar-refractivity contribution in [1.29, 1.82) is 0 Å². The number of hydrogen-bond acceptors (Lipinski definition) is 6. The van der Waals surface area contributed by atoms with E-state index in [1.807, 2.05) is 23.9 Å². The van der Waals surface area contributed by atoms with Crippen LogP contribution in [0.3, 0.4) is 0 Å². The third-order valence-electron chi connectivity index (χ3n) is 4.16. The number of para-hydroxylation sites is 1. The number of carbonyl (C=O) groups excluding carboxylic acids is 1. The molecule has 124 valence electrons. The Morgan fingerprint density at radius 1 is 1.52 bits per heavy atom. The van der Waals surface area contributed by atoms with E-state index in [1.54, 1.807) is 12.1 Å². The molecule has 6 nitrogen and oxygen atoms in total. The summed E-state index contributed by atoms with van der Waals surface area (Å²) in [6, 6.07) is 7.41. The molecule has 0 unspecified atom stereocenters. The predicted molar refractivity (Wildman–Crippen MR) is 90.9 cm³/mol. The number of benzene rings is 1. The van der Waals surface area contributed by atoms with Crippen LogP contribution in [-0.4, -0.2) is 65.2 Å². The summed E-state index contributed by atoms with van der Waals surface area (Å²) in [5.74, 6) is 1.64. The Hall–Kier alpha value is -1.73. The number of nitrogens with one attached hydrogen (secondary N) is 1. The molecule has 7 heteroatoms. The molecule has 2 heterocycles. The second-order valence-electron chi connectivity index (χ2n) is 5.81. The lowest BCUT2D eigenvalue weighted by Gasteiger charge is -2.26. The minimum absolute atomic E-state index is 0.00379. The van der Waals surface area contributed by atoms with E-state index in [-0.39, 0.29) is 23.1 Å². The molecule has 0 saturated carbocycles. The normalized spacial score (nSPS) is 27.6. The first-order valence-corrected chi connectivity index (χ1v) is 8.68. The highest BCUT2D eigenvalue weighted by atomic mass is 32.2. The highest BCUT2D eigenvalue weighted by molar-refractivity contribution is 8.00. The van der Waals surface area contributed by atoms with Crippen LogP contribution in [0.5, 0.6) is 5.75 Å². The molecule has 0 radical (unpaired) electrons. The number of phenolic OH excluding ortho intramolecular Hbond substituents is 1. The molecule has 1 aromatic carbocycles. The third kappa shape index (κ3) is 3.45. The number of likely N-dealkylation sites (N-methyl/N-ethyl adjacent to an activating group) is 1. The first-order chi connectivity index (χ1) is 11.1. The number of ether oxygens (including phenoxy) is 1. The van der Waals surface area contributed by atoms with Gasteiger partial charge in [-0.05, 0) is 19.2 Å². The quantitative estimate of drug-likeness (QED) is 0.860. The molecule has 0 spiro atoms. The van der Waals surface area contributed by atoms with E-state index in [0.717, 1.165) is 5.75 Å². The second-order valence-corrected chi connectivity index (χ2v) is 6.96. The SMILES string of the molecule is CC(=O)NC[C@H]1CS[C@H]([C@@H]2COC(c3ccccc3O)=N2)N1C. The summed E-state index contributed by atoms with van der Waals surface area (Å²) >= 11 is 1.83. The van der Waals surface area contributed by atoms with Gasteiger partial charge in [0.25, 0.3) is 0 Å². The van der Waals surface area contributed by atoms with Crippen LogP contribution in [0.15, 0.2) is 29.3 Å². The molecule has 0 aliphatic carbocycles. The molecule has 23 heavy (non-hydrogen) atoms. The molecule has 1 amide bonds. The van der Waals surface area contributed by atoms with Crippen LogP contribution in [0.4, 0.5) is 0 Å². The van der Waals surface area contributed by atoms with Crippen LogP contribution in [0, 0.1) is 0 Å². The molecule has 1 fully saturated rings. The molecule has 2 aliphatic rings. The molecule has 0 aromatic heterocycles. The monoisotopic (exact) mass is 335 g/mol. The van der Waals surface area contributed by atoms with E-state index < -0.39 is 0 Å². The number of phenols is 1. The van der Waals surface area contributed by atoms with Crippen LogP contribution in [0.1, 0.15) is 12.5 Å². The fraction of sp³-hybridized carbons (Fsp3) is 0.500. The predicted octanol–water partition coefficient (Wildman–Crippen LogP) is 1.05. The lowest BCUT2D eigenvalue weighted by Crippen LogP contribution is -2.44. The highest BCUT2D eigenvalue weighted by Gasteiger charge is 2.39. The number of amides is 1. The van der Waals surface area contributed by atoms with Crippen molar-refractivity contribution in [2.45, 2.75) is 24.4 Å². The summed E-state index contributed by atoms with van der Waals surface area (Å²) in [6.45, 7) is 2.70. The van der Waals surface area contributed by atoms with Gasteiger partial charge >= 0.3 is 0 Å². The van der Waals surface area contributed by atoms with Crippen LogP contribution >= 0.6 is 11.8 Å². The molecule has 3 atom stereocenters. The van der Waals surface area contributed by atoms with Gasteiger partial charge in [-0.25, -0.2) is 4.99 Å². The van der Waals surface area contributed by atoms with Gasteiger partial charge in [-0.3, -0.25) is 9.69 Å². The van der Waals surface area contributed by atoms with Crippen molar-refractivity contribution in [2.24, 2.45) is 4.99 Å². The molecule has 0 bridgehead atoms. The molecule has 2 N–H and O–H groups in total. The number of thioether (sulfide) groups is 1. The van der Waals surface area contributed by atoms with Crippen molar-refractivity contribution in [1.82, 2.24) is 10.2 Å². The van der Waals surface area contributed by atoms with Gasteiger partial charge in [-0.2, -0.15) is 0 Å². The Kier molecular flexibility index (Phi) is 4.77. The number of aliphatic imine (C=N–C) groups is 1. The maximum absolute atomic E-state index is 11.1. The van der Waals surface area contributed by atoms with Gasteiger partial charge in [0.05, 0.1) is 10.9 Å². The summed E-state index contributed by atoms with van der Waals surface area (Å²) in [7, 11) is 2.06. The summed E-state index contributed by atoms with van der Waals surface area (Å²) in [5, 5.41) is 13.0. The van der Waals surface area contributed by atoms with Gasteiger partial charge in [0, 0.05) is 25.3 Å². The fourth-order valence-electron chi connectivity index (χ4n) is 2.84. The van der Waals surface area contributed by atoms with Crippen LogP contribution in [-0.2, 0) is 9.53 Å². The largest absolute Gasteiger partial charge is 0.507 e. The van der Waals surface area contributed by atoms with E-state index in [2.05, 4.69) is 22.3 Å². The molecular weight excluding hydrogens is 314 g/mol. The van der Waals surface area contributed by atoms with Crippen LogP contribution < -0.4 is 5.32 Å². The van der Waals surface area contributed by atoms with Crippen LogP contribution in [0.25, 0.3) is 0 Å². The van der Waals surface area contributed by atoms with Crippen molar-refractivity contribution >= 4 is 23.6 Å². The van der Waals surface area contributed by atoms with Gasteiger partial charge in [0.1, 0.15) is 18.4 Å². The summed E-state index contributed by atoms with van der Waals surface area (Å²) < 4.78 is 5.71. The topological polar surface area (TPSA) is 74.2 Å². The van der Waals surface area contributed by atoms with Crippen molar-refractivity contribution in [3.63, 3.8) is 0 Å². The number of aromatic hydroxyl groups is 1. The molecular formula is C16H21N3O3S. The third-order valence-corrected chi connectivity index (χ3v) is 5.73. The standard InChI is InChI=1S/C16H21N3O3S/c1-10(20)17-7-11-9-23-16(19(11)2)13-8-22-15(18-13)12-5-3-4-6-14(12)21/h3-6,11,13,16,21H,7-9H2,1-2H3,(H,17,20)/t11-,13-,16+/m0/s1. The van der Waals surface area contributed by atoms with Gasteiger partial charge in [-0.1, -0.05) is 12.1 Å². The van der Waals surface area contributed by atoms with E-state index in [9.17, 15) is 9.90 Å². The average molecular weight is 335 g/mol. The summed E-state index contributed by atoms with van der Waals surface area (Å²) in [5.41, 5.74) is 0.635. The lowest BCUT2D eigenvalue weighted by molar-refractivity contribution is -0.119. The van der Waals surface area contributed by atoms with Gasteiger partial charge in [-0.15, -0.1) is 11.8 Å². The van der Waals surface area contributed by atoms with E-state index >= 15 is 0 Å². The number of nitrogens with zero attached hydrogens (tertiary/aromatic N) is 2. The van der Waals surface area contributed by atoms with Gasteiger partial charge in [0.15, 0.2) is 0 Å². The van der Waals surface area contributed by atoms with Crippen molar-refractivity contribution < 1.29 is 14.6 Å². The van der Waals surface area contributed by atoms with Crippen molar-refractivity contribution in [3.8, 4) is 5.75 Å². The average Bonchev–Trinajstić information content (AvgIpc) is 3.12. The second kappa shape index (κ2) is 6.80. The summed E-state index contributed by atoms with van der Waals surface area (Å²) in [6.07, 6.45) is 0. The first-order valence-electron chi connectivity index (χ1n) is 7.63. The zero-order valence-corrected chi connectivity index (χ0v) is 14.0. The highest BCUT2D eigenvalue weighted by Crippen LogP contribution is 2.33. The smallest absolute Gasteiger partial charge is 0.220 e. The zero-order valence-electron chi connectivity index (χ0n) is 13.2. The Labute approximate surface area is 139 Å².